The molecule has 0 bridgehead atoms. The molecule has 1 aliphatic carbocycles. The standard InChI is InChI=1S/C37H34ClF5N2O6S/c1-19(45(18-20-5-9-25(38)10-6-20)52(50,51)34-32(42)30(40)29(39)31(41)33(34)43)35(47)44(26-11-12-27(36(48)49)28(46)16-26)17-21-13-23(22-7-8-22)15-24(14-21)37(2,3)4/h5-6,9-16,19,22,46H,7-8,17-18H2,1-4H3,(H,48,49). The third-order valence-corrected chi connectivity index (χ3v) is 11.0. The topological polar surface area (TPSA) is 115 Å². The smallest absolute Gasteiger partial charge is 0.339 e. The van der Waals surface area contributed by atoms with Crippen molar-refractivity contribution in [1.82, 2.24) is 4.31 Å². The number of carbonyl (C=O) groups is 2. The average Bonchev–Trinajstić information content (AvgIpc) is 3.93. The highest BCUT2D eigenvalue weighted by Crippen LogP contribution is 2.42. The van der Waals surface area contributed by atoms with E-state index < -0.39 is 79.8 Å². The van der Waals surface area contributed by atoms with Gasteiger partial charge in [-0.05, 0) is 77.6 Å². The van der Waals surface area contributed by atoms with E-state index in [2.05, 4.69) is 6.07 Å². The van der Waals surface area contributed by atoms with E-state index in [1.165, 1.54) is 30.3 Å². The maximum atomic E-state index is 15.1. The Morgan fingerprint density at radius 2 is 1.42 bits per heavy atom. The first-order valence-corrected chi connectivity index (χ1v) is 17.8. The van der Waals surface area contributed by atoms with Gasteiger partial charge in [-0.2, -0.15) is 4.31 Å². The number of anilines is 1. The number of nitrogens with zero attached hydrogens (tertiary/aromatic N) is 2. The second-order valence-corrected chi connectivity index (χ2v) is 15.9. The number of carboxylic acids is 1. The van der Waals surface area contributed by atoms with Crippen LogP contribution in [0.5, 0.6) is 5.75 Å². The summed E-state index contributed by atoms with van der Waals surface area (Å²) < 4.78 is 101. The van der Waals surface area contributed by atoms with Crippen LogP contribution in [0.1, 0.15) is 79.1 Å². The highest BCUT2D eigenvalue weighted by molar-refractivity contribution is 7.89. The van der Waals surface area contributed by atoms with Crippen molar-refractivity contribution in [2.24, 2.45) is 0 Å². The Bertz CT molecular complexity index is 2140. The van der Waals surface area contributed by atoms with Gasteiger partial charge < -0.3 is 15.1 Å². The minimum Gasteiger partial charge on any atom is -0.507 e. The fraction of sp³-hybridized carbons (Fsp3) is 0.297. The number of aromatic carboxylic acids is 1. The van der Waals surface area contributed by atoms with Crippen molar-refractivity contribution in [3.63, 3.8) is 0 Å². The van der Waals surface area contributed by atoms with Gasteiger partial charge in [0.25, 0.3) is 0 Å². The SMILES string of the molecule is CC(C(=O)N(Cc1cc(C2CC2)cc(C(C)(C)C)c1)c1ccc(C(=O)O)c(O)c1)N(Cc1ccc(Cl)cc1)S(=O)(=O)c1c(F)c(F)c(F)c(F)c1F. The number of halogens is 6. The maximum absolute atomic E-state index is 15.1. The molecule has 1 unspecified atom stereocenters. The molecule has 276 valence electrons. The molecule has 1 amide bonds. The molecule has 0 saturated heterocycles. The lowest BCUT2D eigenvalue weighted by Crippen LogP contribution is -2.49. The second-order valence-electron chi connectivity index (χ2n) is 13.7. The molecule has 0 heterocycles. The van der Waals surface area contributed by atoms with Crippen LogP contribution in [-0.2, 0) is 33.3 Å². The number of rotatable bonds is 11. The lowest BCUT2D eigenvalue weighted by Gasteiger charge is -2.33. The quantitative estimate of drug-likeness (QED) is 0.0901. The monoisotopic (exact) mass is 764 g/mol. The molecule has 1 atom stereocenters. The molecule has 8 nitrogen and oxygen atoms in total. The fourth-order valence-electron chi connectivity index (χ4n) is 5.72. The molecule has 4 aromatic rings. The summed E-state index contributed by atoms with van der Waals surface area (Å²) in [5, 5.41) is 20.3. The van der Waals surface area contributed by atoms with Gasteiger partial charge in [0.05, 0.1) is 6.54 Å². The summed E-state index contributed by atoms with van der Waals surface area (Å²) in [5.74, 6) is -15.7. The van der Waals surface area contributed by atoms with Crippen molar-refractivity contribution in [2.75, 3.05) is 4.90 Å². The fourth-order valence-corrected chi connectivity index (χ4v) is 7.54. The van der Waals surface area contributed by atoms with Crippen LogP contribution in [0.15, 0.2) is 65.6 Å². The highest BCUT2D eigenvalue weighted by atomic mass is 35.5. The first-order chi connectivity index (χ1) is 24.2. The summed E-state index contributed by atoms with van der Waals surface area (Å²) >= 11 is 5.97. The Morgan fingerprint density at radius 1 is 0.846 bits per heavy atom. The molecule has 52 heavy (non-hydrogen) atoms. The van der Waals surface area contributed by atoms with E-state index in [1.807, 2.05) is 32.9 Å². The lowest BCUT2D eigenvalue weighted by atomic mass is 9.84. The zero-order chi connectivity index (χ0) is 38.4. The summed E-state index contributed by atoms with van der Waals surface area (Å²) in [4.78, 5) is 25.2. The number of carboxylic acid groups (broad SMARTS) is 1. The summed E-state index contributed by atoms with van der Waals surface area (Å²) in [5.41, 5.74) is 1.75. The van der Waals surface area contributed by atoms with Gasteiger partial charge in [-0.25, -0.2) is 35.2 Å². The van der Waals surface area contributed by atoms with Crippen LogP contribution in [0.25, 0.3) is 0 Å². The largest absolute Gasteiger partial charge is 0.507 e. The van der Waals surface area contributed by atoms with E-state index in [9.17, 15) is 41.4 Å². The Morgan fingerprint density at radius 3 is 1.94 bits per heavy atom. The van der Waals surface area contributed by atoms with Crippen LogP contribution in [-0.4, -0.2) is 40.9 Å². The number of amides is 1. The first-order valence-electron chi connectivity index (χ1n) is 16.0. The van der Waals surface area contributed by atoms with Gasteiger partial charge in [-0.1, -0.05) is 62.7 Å². The molecule has 0 aliphatic heterocycles. The van der Waals surface area contributed by atoms with Gasteiger partial charge in [0.15, 0.2) is 28.2 Å². The summed E-state index contributed by atoms with van der Waals surface area (Å²) in [6.45, 7) is 6.02. The van der Waals surface area contributed by atoms with Crippen LogP contribution in [0.3, 0.4) is 0 Å². The zero-order valence-electron chi connectivity index (χ0n) is 28.4. The molecular formula is C37H34ClF5N2O6S. The zero-order valence-corrected chi connectivity index (χ0v) is 29.9. The molecule has 0 aromatic heterocycles. The molecule has 5 rings (SSSR count). The van der Waals surface area contributed by atoms with Crippen LogP contribution >= 0.6 is 11.6 Å². The van der Waals surface area contributed by atoms with Crippen molar-refractivity contribution in [2.45, 2.75) is 75.9 Å². The van der Waals surface area contributed by atoms with Gasteiger partial charge in [0.2, 0.25) is 21.7 Å². The van der Waals surface area contributed by atoms with Crippen molar-refractivity contribution in [3.05, 3.63) is 123 Å². The van der Waals surface area contributed by atoms with Crippen LogP contribution in [0.2, 0.25) is 5.02 Å². The Kier molecular flexibility index (Phi) is 10.8. The molecule has 1 aliphatic rings. The van der Waals surface area contributed by atoms with Crippen LogP contribution in [0, 0.1) is 29.1 Å². The van der Waals surface area contributed by atoms with Crippen molar-refractivity contribution < 1.29 is 50.2 Å². The Balaban J connectivity index is 1.68. The second kappa shape index (κ2) is 14.5. The Labute approximate surface area is 302 Å². The Hall–Kier alpha value is -4.53. The van der Waals surface area contributed by atoms with Gasteiger partial charge in [0.1, 0.15) is 17.4 Å². The lowest BCUT2D eigenvalue weighted by molar-refractivity contribution is -0.122. The molecule has 4 aromatic carbocycles. The number of sulfonamides is 1. The van der Waals surface area contributed by atoms with Crippen LogP contribution in [0.4, 0.5) is 27.6 Å². The van der Waals surface area contributed by atoms with E-state index in [1.54, 1.807) is 0 Å². The van der Waals surface area contributed by atoms with E-state index in [0.717, 1.165) is 47.9 Å². The number of benzene rings is 4. The van der Waals surface area contributed by atoms with Gasteiger partial charge in [-0.3, -0.25) is 4.79 Å². The van der Waals surface area contributed by atoms with Gasteiger partial charge in [0, 0.05) is 23.3 Å². The van der Waals surface area contributed by atoms with Gasteiger partial charge in [-0.15, -0.1) is 0 Å². The molecule has 1 saturated carbocycles. The number of hydrogen-bond acceptors (Lipinski definition) is 5. The van der Waals surface area contributed by atoms with Crippen molar-refractivity contribution in [3.8, 4) is 5.75 Å². The van der Waals surface area contributed by atoms with E-state index >= 15 is 8.78 Å². The predicted octanol–water partition coefficient (Wildman–Crippen LogP) is 8.43. The number of carbonyl (C=O) groups excluding carboxylic acids is 1. The number of hydrogen-bond donors (Lipinski definition) is 2. The molecule has 2 N–H and O–H groups in total. The molecule has 0 spiro atoms. The van der Waals surface area contributed by atoms with E-state index in [-0.39, 0.29) is 34.2 Å². The summed E-state index contributed by atoms with van der Waals surface area (Å²) in [6, 6.07) is 12.6. The first kappa shape index (κ1) is 38.7. The minimum atomic E-state index is -5.70. The third kappa shape index (κ3) is 7.79. The number of aromatic hydroxyl groups is 1. The summed E-state index contributed by atoms with van der Waals surface area (Å²) in [7, 11) is -5.70. The average molecular weight is 765 g/mol. The van der Waals surface area contributed by atoms with Crippen molar-refractivity contribution in [1.29, 1.82) is 0 Å². The van der Waals surface area contributed by atoms with Crippen LogP contribution < -0.4 is 4.90 Å². The molecular weight excluding hydrogens is 731 g/mol. The third-order valence-electron chi connectivity index (χ3n) is 8.84. The van der Waals surface area contributed by atoms with E-state index in [0.29, 0.717) is 9.87 Å². The molecule has 0 radical (unpaired) electrons. The van der Waals surface area contributed by atoms with Gasteiger partial charge >= 0.3 is 5.97 Å². The number of phenols is 1. The highest BCUT2D eigenvalue weighted by Gasteiger charge is 2.42. The normalized spacial score (nSPS) is 14.1. The van der Waals surface area contributed by atoms with E-state index in [4.69, 9.17) is 11.6 Å². The molecule has 1 fully saturated rings. The van der Waals surface area contributed by atoms with Crippen molar-refractivity contribution >= 4 is 39.2 Å². The minimum absolute atomic E-state index is 0.0754. The molecule has 15 heteroatoms. The maximum Gasteiger partial charge on any atom is 0.339 e. The predicted molar refractivity (Wildman–Crippen MR) is 183 cm³/mol. The summed E-state index contributed by atoms with van der Waals surface area (Å²) in [6.07, 6.45) is 1.90.